The van der Waals surface area contributed by atoms with E-state index in [2.05, 4.69) is 11.6 Å². The normalized spacial score (nSPS) is 23.1. The zero-order valence-corrected chi connectivity index (χ0v) is 13.8. The van der Waals surface area contributed by atoms with Crippen molar-refractivity contribution in [3.63, 3.8) is 0 Å². The minimum atomic E-state index is -3.51. The van der Waals surface area contributed by atoms with Crippen LogP contribution in [0, 0.1) is 13.8 Å². The number of benzene rings is 1. The summed E-state index contributed by atoms with van der Waals surface area (Å²) in [6.45, 7) is 6.13. The minimum Gasteiger partial charge on any atom is -0.398 e. The summed E-state index contributed by atoms with van der Waals surface area (Å²) in [7, 11) is -3.51. The maximum atomic E-state index is 12.5. The quantitative estimate of drug-likeness (QED) is 0.837. The molecule has 0 aromatic heterocycles. The molecular formula is C14H22N2O2S2. The molecule has 0 spiro atoms. The van der Waals surface area contributed by atoms with Gasteiger partial charge in [0.25, 0.3) is 0 Å². The van der Waals surface area contributed by atoms with E-state index < -0.39 is 10.0 Å². The number of sulfonamides is 1. The summed E-state index contributed by atoms with van der Waals surface area (Å²) in [6, 6.07) is 3.50. The molecule has 2 rings (SSSR count). The van der Waals surface area contributed by atoms with Crippen LogP contribution in [0.2, 0.25) is 0 Å². The molecule has 1 aromatic rings. The fourth-order valence-corrected chi connectivity index (χ4v) is 5.55. The van der Waals surface area contributed by atoms with E-state index in [0.717, 1.165) is 24.2 Å². The van der Waals surface area contributed by atoms with Crippen molar-refractivity contribution in [3.8, 4) is 0 Å². The van der Waals surface area contributed by atoms with E-state index >= 15 is 0 Å². The molecule has 1 fully saturated rings. The van der Waals surface area contributed by atoms with Crippen LogP contribution >= 0.6 is 11.8 Å². The number of nitrogens with one attached hydrogen (secondary N) is 1. The number of aryl methyl sites for hydroxylation is 1. The zero-order chi connectivity index (χ0) is 15.0. The molecule has 1 aliphatic heterocycles. The van der Waals surface area contributed by atoms with Gasteiger partial charge in [-0.25, -0.2) is 13.1 Å². The monoisotopic (exact) mass is 314 g/mol. The molecule has 1 saturated heterocycles. The predicted molar refractivity (Wildman–Crippen MR) is 85.6 cm³/mol. The molecule has 0 radical (unpaired) electrons. The lowest BCUT2D eigenvalue weighted by molar-refractivity contribution is 0.551. The van der Waals surface area contributed by atoms with E-state index in [1.54, 1.807) is 26.0 Å². The molecule has 1 atom stereocenters. The van der Waals surface area contributed by atoms with Crippen molar-refractivity contribution in [2.45, 2.75) is 43.3 Å². The second-order valence-corrected chi connectivity index (χ2v) is 9.04. The Hall–Kier alpha value is -0.720. The van der Waals surface area contributed by atoms with Crippen LogP contribution in [0.5, 0.6) is 0 Å². The molecule has 0 saturated carbocycles. The van der Waals surface area contributed by atoms with Gasteiger partial charge in [-0.15, -0.1) is 0 Å². The van der Waals surface area contributed by atoms with Crippen molar-refractivity contribution < 1.29 is 8.42 Å². The van der Waals surface area contributed by atoms with E-state index in [1.807, 2.05) is 11.8 Å². The van der Waals surface area contributed by atoms with Gasteiger partial charge >= 0.3 is 0 Å². The van der Waals surface area contributed by atoms with E-state index in [-0.39, 0.29) is 4.75 Å². The largest absolute Gasteiger partial charge is 0.398 e. The highest BCUT2D eigenvalue weighted by molar-refractivity contribution is 8.01. The van der Waals surface area contributed by atoms with Gasteiger partial charge in [-0.05, 0) is 56.6 Å². The topological polar surface area (TPSA) is 72.2 Å². The molecule has 0 aliphatic carbocycles. The first-order valence-electron chi connectivity index (χ1n) is 6.74. The summed E-state index contributed by atoms with van der Waals surface area (Å²) in [5.41, 5.74) is 7.70. The summed E-state index contributed by atoms with van der Waals surface area (Å²) < 4.78 is 27.9. The SMILES string of the molecule is Cc1ccc(N)c(C)c1S(=O)(=O)NCC1(C)CCCS1. The Labute approximate surface area is 125 Å². The molecule has 0 bridgehead atoms. The van der Waals surface area contributed by atoms with Gasteiger partial charge in [0.1, 0.15) is 0 Å². The van der Waals surface area contributed by atoms with Gasteiger partial charge in [0.15, 0.2) is 0 Å². The number of rotatable bonds is 4. The lowest BCUT2D eigenvalue weighted by Crippen LogP contribution is -2.37. The van der Waals surface area contributed by atoms with E-state index in [1.165, 1.54) is 0 Å². The first kappa shape index (κ1) is 15.7. The molecule has 1 heterocycles. The summed E-state index contributed by atoms with van der Waals surface area (Å²) >= 11 is 1.84. The van der Waals surface area contributed by atoms with Crippen molar-refractivity contribution in [1.29, 1.82) is 0 Å². The lowest BCUT2D eigenvalue weighted by Gasteiger charge is -2.23. The molecule has 3 N–H and O–H groups in total. The highest BCUT2D eigenvalue weighted by Gasteiger charge is 2.31. The van der Waals surface area contributed by atoms with Gasteiger partial charge in [0, 0.05) is 17.0 Å². The molecule has 20 heavy (non-hydrogen) atoms. The van der Waals surface area contributed by atoms with Crippen molar-refractivity contribution >= 4 is 27.5 Å². The molecule has 1 aromatic carbocycles. The number of nitrogen functional groups attached to an aromatic ring is 1. The Balaban J connectivity index is 2.25. The van der Waals surface area contributed by atoms with Crippen molar-refractivity contribution in [2.24, 2.45) is 0 Å². The average Bonchev–Trinajstić information content (AvgIpc) is 2.80. The van der Waals surface area contributed by atoms with Gasteiger partial charge in [-0.1, -0.05) is 6.07 Å². The first-order chi connectivity index (χ1) is 9.25. The minimum absolute atomic E-state index is 0.00913. The van der Waals surface area contributed by atoms with Crippen molar-refractivity contribution in [3.05, 3.63) is 23.3 Å². The average molecular weight is 314 g/mol. The smallest absolute Gasteiger partial charge is 0.241 e. The molecule has 1 aliphatic rings. The molecular weight excluding hydrogens is 292 g/mol. The Bertz CT molecular complexity index is 606. The first-order valence-corrected chi connectivity index (χ1v) is 9.21. The molecule has 0 amide bonds. The van der Waals surface area contributed by atoms with Crippen LogP contribution in [0.3, 0.4) is 0 Å². The maximum absolute atomic E-state index is 12.5. The number of anilines is 1. The zero-order valence-electron chi connectivity index (χ0n) is 12.2. The second-order valence-electron chi connectivity index (χ2n) is 5.65. The number of hydrogen-bond acceptors (Lipinski definition) is 4. The van der Waals surface area contributed by atoms with Gasteiger partial charge in [-0.2, -0.15) is 11.8 Å². The second kappa shape index (κ2) is 5.58. The predicted octanol–water partition coefficient (Wildman–Crippen LogP) is 2.45. The summed E-state index contributed by atoms with van der Waals surface area (Å²) in [6.07, 6.45) is 2.20. The summed E-state index contributed by atoms with van der Waals surface area (Å²) in [5, 5.41) is 0. The Kier molecular flexibility index (Phi) is 4.37. The molecule has 112 valence electrons. The number of nitrogens with two attached hydrogens (primary N) is 1. The van der Waals surface area contributed by atoms with Crippen LogP contribution in [-0.4, -0.2) is 25.5 Å². The van der Waals surface area contributed by atoms with Crippen LogP contribution in [0.4, 0.5) is 5.69 Å². The third kappa shape index (κ3) is 3.13. The fourth-order valence-electron chi connectivity index (χ4n) is 2.55. The summed E-state index contributed by atoms with van der Waals surface area (Å²) in [5.74, 6) is 1.11. The Morgan fingerprint density at radius 3 is 2.70 bits per heavy atom. The van der Waals surface area contributed by atoms with Gasteiger partial charge in [-0.3, -0.25) is 0 Å². The van der Waals surface area contributed by atoms with Crippen LogP contribution < -0.4 is 10.5 Å². The third-order valence-corrected chi connectivity index (χ3v) is 7.08. The van der Waals surface area contributed by atoms with E-state index in [0.29, 0.717) is 22.7 Å². The van der Waals surface area contributed by atoms with Crippen LogP contribution in [-0.2, 0) is 10.0 Å². The van der Waals surface area contributed by atoms with Crippen molar-refractivity contribution in [2.75, 3.05) is 18.0 Å². The van der Waals surface area contributed by atoms with Crippen LogP contribution in [0.15, 0.2) is 17.0 Å². The number of thioether (sulfide) groups is 1. The summed E-state index contributed by atoms with van der Waals surface area (Å²) in [4.78, 5) is 0.323. The molecule has 4 nitrogen and oxygen atoms in total. The standard InChI is InChI=1S/C14H22N2O2S2/c1-10-5-6-12(15)11(2)13(10)20(17,18)16-9-14(3)7-4-8-19-14/h5-6,16H,4,7-9,15H2,1-3H3. The third-order valence-electron chi connectivity index (χ3n) is 3.85. The van der Waals surface area contributed by atoms with E-state index in [4.69, 9.17) is 5.73 Å². The van der Waals surface area contributed by atoms with Crippen molar-refractivity contribution in [1.82, 2.24) is 4.72 Å². The molecule has 6 heteroatoms. The van der Waals surface area contributed by atoms with E-state index in [9.17, 15) is 8.42 Å². The van der Waals surface area contributed by atoms with Crippen LogP contribution in [0.25, 0.3) is 0 Å². The van der Waals surface area contributed by atoms with Gasteiger partial charge < -0.3 is 5.73 Å². The highest BCUT2D eigenvalue weighted by Crippen LogP contribution is 2.37. The Morgan fingerprint density at radius 2 is 2.10 bits per heavy atom. The number of hydrogen-bond donors (Lipinski definition) is 2. The lowest BCUT2D eigenvalue weighted by atomic mass is 10.1. The maximum Gasteiger partial charge on any atom is 0.241 e. The highest BCUT2D eigenvalue weighted by atomic mass is 32.2. The fraction of sp³-hybridized carbons (Fsp3) is 0.571. The van der Waals surface area contributed by atoms with Gasteiger partial charge in [0.2, 0.25) is 10.0 Å². The van der Waals surface area contributed by atoms with Gasteiger partial charge in [0.05, 0.1) is 4.90 Å². The Morgan fingerprint density at radius 1 is 1.40 bits per heavy atom. The molecule has 1 unspecified atom stereocenters. The van der Waals surface area contributed by atoms with Crippen LogP contribution in [0.1, 0.15) is 30.9 Å².